The Hall–Kier alpha value is -2.04. The predicted octanol–water partition coefficient (Wildman–Crippen LogP) is -0.259. The highest BCUT2D eigenvalue weighted by molar-refractivity contribution is 7.89. The fraction of sp³-hybridized carbons (Fsp3) is 0.462. The van der Waals surface area contributed by atoms with Crippen molar-refractivity contribution in [2.75, 3.05) is 19.6 Å². The van der Waals surface area contributed by atoms with Gasteiger partial charge in [-0.1, -0.05) is 6.07 Å². The Morgan fingerprint density at radius 1 is 1.39 bits per heavy atom. The number of nitrogens with one attached hydrogen (secondary N) is 3. The van der Waals surface area contributed by atoms with E-state index in [1.807, 2.05) is 0 Å². The zero-order chi connectivity index (χ0) is 16.9. The highest BCUT2D eigenvalue weighted by Gasteiger charge is 2.22. The average molecular weight is 342 g/mol. The summed E-state index contributed by atoms with van der Waals surface area (Å²) in [6.45, 7) is 0.951. The predicted molar refractivity (Wildman–Crippen MR) is 82.3 cm³/mol. The van der Waals surface area contributed by atoms with Gasteiger partial charge in [-0.3, -0.25) is 14.9 Å². The van der Waals surface area contributed by atoms with E-state index in [9.17, 15) is 23.3 Å². The van der Waals surface area contributed by atoms with Gasteiger partial charge in [-0.2, -0.15) is 0 Å². The summed E-state index contributed by atoms with van der Waals surface area (Å²) in [6, 6.07) is 4.57. The van der Waals surface area contributed by atoms with E-state index in [1.54, 1.807) is 0 Å². The zero-order valence-electron chi connectivity index (χ0n) is 12.3. The van der Waals surface area contributed by atoms with Crippen molar-refractivity contribution in [2.45, 2.75) is 23.8 Å². The molecule has 0 aliphatic carbocycles. The number of carbonyl (C=O) groups excluding carboxylic acids is 1. The third-order valence-electron chi connectivity index (χ3n) is 3.43. The van der Waals surface area contributed by atoms with Crippen LogP contribution in [0.4, 0.5) is 5.69 Å². The van der Waals surface area contributed by atoms with Gasteiger partial charge in [0.05, 0.1) is 15.9 Å². The summed E-state index contributed by atoms with van der Waals surface area (Å²) < 4.78 is 26.4. The minimum absolute atomic E-state index is 0.00346. The minimum atomic E-state index is -3.85. The Morgan fingerprint density at radius 3 is 2.83 bits per heavy atom. The molecule has 126 valence electrons. The number of benzene rings is 1. The SMILES string of the molecule is O=C(NCCNS(=O)(=O)c1cccc([N+](=O)[O-])c1)C1CCCN1. The number of nitro benzene ring substituents is 1. The van der Waals surface area contributed by atoms with Crippen LogP contribution in [0.3, 0.4) is 0 Å². The summed E-state index contributed by atoms with van der Waals surface area (Å²) >= 11 is 0. The fourth-order valence-corrected chi connectivity index (χ4v) is 3.32. The van der Waals surface area contributed by atoms with Gasteiger partial charge in [0.15, 0.2) is 0 Å². The van der Waals surface area contributed by atoms with Gasteiger partial charge in [-0.25, -0.2) is 13.1 Å². The number of nitrogens with zero attached hydrogens (tertiary/aromatic N) is 1. The Labute approximate surface area is 133 Å². The second kappa shape index (κ2) is 7.49. The van der Waals surface area contributed by atoms with Crippen LogP contribution >= 0.6 is 0 Å². The highest BCUT2D eigenvalue weighted by Crippen LogP contribution is 2.16. The van der Waals surface area contributed by atoms with Gasteiger partial charge in [-0.15, -0.1) is 0 Å². The van der Waals surface area contributed by atoms with E-state index in [0.29, 0.717) is 0 Å². The van der Waals surface area contributed by atoms with Crippen LogP contribution in [0.1, 0.15) is 12.8 Å². The number of hydrogen-bond donors (Lipinski definition) is 3. The van der Waals surface area contributed by atoms with Crippen LogP contribution in [-0.4, -0.2) is 44.9 Å². The average Bonchev–Trinajstić information content (AvgIpc) is 3.06. The molecule has 0 saturated carbocycles. The Bertz CT molecular complexity index is 685. The van der Waals surface area contributed by atoms with Crippen LogP contribution < -0.4 is 15.4 Å². The number of nitro groups is 1. The van der Waals surface area contributed by atoms with Gasteiger partial charge in [0.2, 0.25) is 15.9 Å². The summed E-state index contributed by atoms with van der Waals surface area (Å²) in [6.07, 6.45) is 1.71. The first-order valence-corrected chi connectivity index (χ1v) is 8.64. The van der Waals surface area contributed by atoms with E-state index in [0.717, 1.165) is 25.5 Å². The molecule has 1 aliphatic heterocycles. The number of carbonyl (C=O) groups is 1. The molecule has 0 radical (unpaired) electrons. The van der Waals surface area contributed by atoms with Crippen molar-refractivity contribution in [3.63, 3.8) is 0 Å². The molecule has 1 atom stereocenters. The largest absolute Gasteiger partial charge is 0.353 e. The number of rotatable bonds is 7. The smallest absolute Gasteiger partial charge is 0.270 e. The zero-order valence-corrected chi connectivity index (χ0v) is 13.1. The molecule has 1 amide bonds. The standard InChI is InChI=1S/C13H18N4O5S/c18-13(12-5-2-6-14-12)15-7-8-16-23(21,22)11-4-1-3-10(9-11)17(19)20/h1,3-4,9,12,14,16H,2,5-8H2,(H,15,18). The Kier molecular flexibility index (Phi) is 5.64. The first kappa shape index (κ1) is 17.3. The molecule has 0 aromatic heterocycles. The molecule has 1 aliphatic rings. The molecule has 2 rings (SSSR count). The summed E-state index contributed by atoms with van der Waals surface area (Å²) in [5.74, 6) is -0.156. The van der Waals surface area contributed by atoms with Crippen molar-refractivity contribution in [1.29, 1.82) is 0 Å². The fourth-order valence-electron chi connectivity index (χ4n) is 2.25. The molecule has 1 fully saturated rings. The molecule has 1 saturated heterocycles. The molecule has 1 heterocycles. The lowest BCUT2D eigenvalue weighted by molar-refractivity contribution is -0.385. The molecule has 23 heavy (non-hydrogen) atoms. The molecular formula is C13H18N4O5S. The van der Waals surface area contributed by atoms with E-state index in [2.05, 4.69) is 15.4 Å². The molecule has 9 nitrogen and oxygen atoms in total. The Morgan fingerprint density at radius 2 is 2.17 bits per heavy atom. The van der Waals surface area contributed by atoms with Crippen LogP contribution in [-0.2, 0) is 14.8 Å². The maximum atomic E-state index is 12.0. The molecular weight excluding hydrogens is 324 g/mol. The topological polar surface area (TPSA) is 130 Å². The van der Waals surface area contributed by atoms with Gasteiger partial charge in [-0.05, 0) is 25.5 Å². The maximum absolute atomic E-state index is 12.0. The van der Waals surface area contributed by atoms with Gasteiger partial charge in [0.1, 0.15) is 0 Å². The maximum Gasteiger partial charge on any atom is 0.270 e. The van der Waals surface area contributed by atoms with Gasteiger partial charge >= 0.3 is 0 Å². The summed E-state index contributed by atoms with van der Waals surface area (Å²) in [5.41, 5.74) is -0.298. The first-order valence-electron chi connectivity index (χ1n) is 7.15. The third-order valence-corrected chi connectivity index (χ3v) is 4.89. The first-order chi connectivity index (χ1) is 10.9. The van der Waals surface area contributed by atoms with Crippen LogP contribution in [0.2, 0.25) is 0 Å². The Balaban J connectivity index is 1.85. The summed E-state index contributed by atoms with van der Waals surface area (Å²) in [4.78, 5) is 21.6. The molecule has 1 aromatic rings. The quantitative estimate of drug-likeness (QED) is 0.355. The minimum Gasteiger partial charge on any atom is -0.353 e. The van der Waals surface area contributed by atoms with E-state index in [1.165, 1.54) is 18.2 Å². The lowest BCUT2D eigenvalue weighted by Crippen LogP contribution is -2.43. The second-order valence-electron chi connectivity index (χ2n) is 5.09. The van der Waals surface area contributed by atoms with Crippen molar-refractivity contribution in [3.05, 3.63) is 34.4 Å². The number of amides is 1. The number of hydrogen-bond acceptors (Lipinski definition) is 6. The molecule has 0 spiro atoms. The van der Waals surface area contributed by atoms with Crippen molar-refractivity contribution < 1.29 is 18.1 Å². The number of sulfonamides is 1. The molecule has 10 heteroatoms. The van der Waals surface area contributed by atoms with E-state index >= 15 is 0 Å². The van der Waals surface area contributed by atoms with Crippen molar-refractivity contribution in [1.82, 2.24) is 15.4 Å². The van der Waals surface area contributed by atoms with Crippen LogP contribution in [0.25, 0.3) is 0 Å². The van der Waals surface area contributed by atoms with Crippen molar-refractivity contribution in [3.8, 4) is 0 Å². The van der Waals surface area contributed by atoms with E-state index in [4.69, 9.17) is 0 Å². The highest BCUT2D eigenvalue weighted by atomic mass is 32.2. The van der Waals surface area contributed by atoms with E-state index < -0.39 is 14.9 Å². The van der Waals surface area contributed by atoms with Gasteiger partial charge < -0.3 is 10.6 Å². The normalized spacial score (nSPS) is 17.8. The molecule has 3 N–H and O–H groups in total. The summed E-state index contributed by atoms with van der Waals surface area (Å²) in [7, 11) is -3.85. The lowest BCUT2D eigenvalue weighted by Gasteiger charge is -2.11. The van der Waals surface area contributed by atoms with E-state index in [-0.39, 0.29) is 35.6 Å². The van der Waals surface area contributed by atoms with Crippen molar-refractivity contribution in [2.24, 2.45) is 0 Å². The lowest BCUT2D eigenvalue weighted by atomic mass is 10.2. The summed E-state index contributed by atoms with van der Waals surface area (Å²) in [5, 5.41) is 16.4. The number of non-ortho nitro benzene ring substituents is 1. The van der Waals surface area contributed by atoms with Crippen LogP contribution in [0.15, 0.2) is 29.2 Å². The van der Waals surface area contributed by atoms with Crippen LogP contribution in [0, 0.1) is 10.1 Å². The second-order valence-corrected chi connectivity index (χ2v) is 6.86. The third kappa shape index (κ3) is 4.71. The molecule has 0 bridgehead atoms. The molecule has 1 unspecified atom stereocenters. The van der Waals surface area contributed by atoms with Gasteiger partial charge in [0.25, 0.3) is 5.69 Å². The molecule has 1 aromatic carbocycles. The monoisotopic (exact) mass is 342 g/mol. The van der Waals surface area contributed by atoms with Gasteiger partial charge in [0, 0.05) is 25.2 Å². The van der Waals surface area contributed by atoms with Crippen LogP contribution in [0.5, 0.6) is 0 Å². The van der Waals surface area contributed by atoms with Crippen molar-refractivity contribution >= 4 is 21.6 Å².